The average molecular weight is 290 g/mol. The Kier molecular flexibility index (Phi) is 3.88. The van der Waals surface area contributed by atoms with Crippen molar-refractivity contribution in [3.05, 3.63) is 45.8 Å². The smallest absolute Gasteiger partial charge is 0.276 e. The maximum atomic E-state index is 12.1. The van der Waals surface area contributed by atoms with Crippen LogP contribution in [0.2, 0.25) is 0 Å². The number of carbonyl (C=O) groups excluding carboxylic acids is 1. The molecular formula is C13H14N4O4. The highest BCUT2D eigenvalue weighted by atomic mass is 16.6. The Morgan fingerprint density at radius 1 is 1.43 bits per heavy atom. The first kappa shape index (κ1) is 14.5. The topological polar surface area (TPSA) is 99.3 Å². The van der Waals surface area contributed by atoms with Crippen LogP contribution in [0, 0.1) is 17.0 Å². The van der Waals surface area contributed by atoms with Crippen LogP contribution in [0.1, 0.15) is 16.2 Å². The second-order valence-corrected chi connectivity index (χ2v) is 4.39. The molecule has 0 saturated carbocycles. The predicted octanol–water partition coefficient (Wildman–Crippen LogP) is 1.90. The molecule has 0 unspecified atom stereocenters. The number of anilines is 1. The van der Waals surface area contributed by atoms with Crippen molar-refractivity contribution in [1.29, 1.82) is 0 Å². The standard InChI is InChI=1S/C13H14N4O4/c1-8-6-11(15-16(8)2)13(18)14-10-7-9(17(19)20)4-5-12(10)21-3/h4-7H,1-3H3,(H,14,18). The van der Waals surface area contributed by atoms with Crippen LogP contribution in [0.4, 0.5) is 11.4 Å². The third kappa shape index (κ3) is 2.99. The van der Waals surface area contributed by atoms with Gasteiger partial charge in [0.1, 0.15) is 5.75 Å². The Hall–Kier alpha value is -2.90. The van der Waals surface area contributed by atoms with E-state index in [1.54, 1.807) is 17.8 Å². The molecule has 0 saturated heterocycles. The summed E-state index contributed by atoms with van der Waals surface area (Å²) in [5.41, 5.74) is 1.14. The van der Waals surface area contributed by atoms with Gasteiger partial charge in [0, 0.05) is 24.9 Å². The van der Waals surface area contributed by atoms with Crippen LogP contribution in [0.3, 0.4) is 0 Å². The summed E-state index contributed by atoms with van der Waals surface area (Å²) in [6, 6.07) is 5.60. The number of carbonyl (C=O) groups is 1. The molecule has 0 radical (unpaired) electrons. The molecule has 0 bridgehead atoms. The lowest BCUT2D eigenvalue weighted by Gasteiger charge is -2.08. The van der Waals surface area contributed by atoms with Gasteiger partial charge in [-0.1, -0.05) is 0 Å². The van der Waals surface area contributed by atoms with E-state index in [0.717, 1.165) is 5.69 Å². The third-order valence-electron chi connectivity index (χ3n) is 2.99. The number of nitrogens with one attached hydrogen (secondary N) is 1. The second kappa shape index (κ2) is 5.61. The number of non-ortho nitro benzene ring substituents is 1. The minimum absolute atomic E-state index is 0.136. The van der Waals surface area contributed by atoms with Crippen molar-refractivity contribution in [2.45, 2.75) is 6.92 Å². The summed E-state index contributed by atoms with van der Waals surface area (Å²) >= 11 is 0. The Balaban J connectivity index is 2.31. The quantitative estimate of drug-likeness (QED) is 0.684. The van der Waals surface area contributed by atoms with Crippen molar-refractivity contribution < 1.29 is 14.5 Å². The van der Waals surface area contributed by atoms with Crippen LogP contribution < -0.4 is 10.1 Å². The monoisotopic (exact) mass is 290 g/mol. The second-order valence-electron chi connectivity index (χ2n) is 4.39. The Bertz CT molecular complexity index is 689. The summed E-state index contributed by atoms with van der Waals surface area (Å²) in [6.45, 7) is 1.82. The first-order chi connectivity index (χ1) is 9.92. The number of nitrogens with zero attached hydrogens (tertiary/aromatic N) is 3. The van der Waals surface area contributed by atoms with Gasteiger partial charge >= 0.3 is 0 Å². The number of hydrogen-bond donors (Lipinski definition) is 1. The normalized spacial score (nSPS) is 10.2. The highest BCUT2D eigenvalue weighted by Gasteiger charge is 2.16. The summed E-state index contributed by atoms with van der Waals surface area (Å²) in [4.78, 5) is 22.4. The molecule has 0 aliphatic heterocycles. The summed E-state index contributed by atoms with van der Waals surface area (Å²) < 4.78 is 6.65. The fraction of sp³-hybridized carbons (Fsp3) is 0.231. The van der Waals surface area contributed by atoms with Crippen LogP contribution in [-0.2, 0) is 7.05 Å². The van der Waals surface area contributed by atoms with Gasteiger partial charge in [-0.25, -0.2) is 0 Å². The number of amides is 1. The van der Waals surface area contributed by atoms with E-state index in [9.17, 15) is 14.9 Å². The van der Waals surface area contributed by atoms with Crippen LogP contribution in [-0.4, -0.2) is 27.7 Å². The largest absolute Gasteiger partial charge is 0.495 e. The summed E-state index contributed by atoms with van der Waals surface area (Å²) in [7, 11) is 3.14. The third-order valence-corrected chi connectivity index (χ3v) is 2.99. The maximum Gasteiger partial charge on any atom is 0.276 e. The summed E-state index contributed by atoms with van der Waals surface area (Å²) in [6.07, 6.45) is 0. The van der Waals surface area contributed by atoms with Crippen LogP contribution in [0.15, 0.2) is 24.3 Å². The molecule has 0 atom stereocenters. The minimum atomic E-state index is -0.542. The molecule has 1 heterocycles. The van der Waals surface area contributed by atoms with Crippen molar-refractivity contribution in [2.75, 3.05) is 12.4 Å². The van der Waals surface area contributed by atoms with Crippen molar-refractivity contribution >= 4 is 17.3 Å². The van der Waals surface area contributed by atoms with Gasteiger partial charge in [0.25, 0.3) is 11.6 Å². The molecule has 1 N–H and O–H groups in total. The molecule has 0 fully saturated rings. The van der Waals surface area contributed by atoms with Gasteiger partial charge in [0.2, 0.25) is 0 Å². The SMILES string of the molecule is COc1ccc([N+](=O)[O-])cc1NC(=O)c1cc(C)n(C)n1. The van der Waals surface area contributed by atoms with E-state index < -0.39 is 10.8 Å². The molecule has 0 aliphatic rings. The number of ether oxygens (including phenoxy) is 1. The number of aryl methyl sites for hydroxylation is 2. The molecule has 8 nitrogen and oxygen atoms in total. The van der Waals surface area contributed by atoms with Gasteiger partial charge in [-0.05, 0) is 19.1 Å². The molecule has 1 aromatic carbocycles. The van der Waals surface area contributed by atoms with Crippen LogP contribution >= 0.6 is 0 Å². The summed E-state index contributed by atoms with van der Waals surface area (Å²) in [5.74, 6) is -0.126. The summed E-state index contributed by atoms with van der Waals surface area (Å²) in [5, 5.41) is 17.4. The molecule has 1 amide bonds. The first-order valence-electron chi connectivity index (χ1n) is 6.07. The fourth-order valence-corrected chi connectivity index (χ4v) is 1.77. The lowest BCUT2D eigenvalue weighted by Crippen LogP contribution is -2.14. The Labute approximate surface area is 120 Å². The lowest BCUT2D eigenvalue weighted by atomic mass is 10.2. The van der Waals surface area contributed by atoms with E-state index in [-0.39, 0.29) is 17.1 Å². The van der Waals surface area contributed by atoms with Crippen LogP contribution in [0.5, 0.6) is 5.75 Å². The van der Waals surface area contributed by atoms with Crippen molar-refractivity contribution in [1.82, 2.24) is 9.78 Å². The average Bonchev–Trinajstić information content (AvgIpc) is 2.78. The molecule has 8 heteroatoms. The Morgan fingerprint density at radius 3 is 2.67 bits per heavy atom. The molecule has 21 heavy (non-hydrogen) atoms. The van der Waals surface area contributed by atoms with E-state index in [0.29, 0.717) is 5.75 Å². The molecule has 2 aromatic rings. The predicted molar refractivity (Wildman–Crippen MR) is 75.5 cm³/mol. The molecule has 110 valence electrons. The van der Waals surface area contributed by atoms with E-state index in [4.69, 9.17) is 4.74 Å². The van der Waals surface area contributed by atoms with Gasteiger partial charge in [-0.2, -0.15) is 5.10 Å². The van der Waals surface area contributed by atoms with Gasteiger partial charge in [-0.15, -0.1) is 0 Å². The van der Waals surface area contributed by atoms with Gasteiger partial charge in [-0.3, -0.25) is 19.6 Å². The first-order valence-corrected chi connectivity index (χ1v) is 6.07. The number of aromatic nitrogens is 2. The number of benzene rings is 1. The number of nitro groups is 1. The molecule has 2 rings (SSSR count). The zero-order valence-electron chi connectivity index (χ0n) is 11.8. The molecule has 1 aromatic heterocycles. The van der Waals surface area contributed by atoms with E-state index in [1.807, 2.05) is 6.92 Å². The zero-order chi connectivity index (χ0) is 15.6. The lowest BCUT2D eigenvalue weighted by molar-refractivity contribution is -0.384. The molecule has 0 aliphatic carbocycles. The number of hydrogen-bond acceptors (Lipinski definition) is 5. The fourth-order valence-electron chi connectivity index (χ4n) is 1.77. The highest BCUT2D eigenvalue weighted by Crippen LogP contribution is 2.29. The van der Waals surface area contributed by atoms with Crippen molar-refractivity contribution in [2.24, 2.45) is 7.05 Å². The minimum Gasteiger partial charge on any atom is -0.495 e. The molecular weight excluding hydrogens is 276 g/mol. The van der Waals surface area contributed by atoms with E-state index >= 15 is 0 Å². The van der Waals surface area contributed by atoms with Crippen molar-refractivity contribution in [3.8, 4) is 5.75 Å². The van der Waals surface area contributed by atoms with Gasteiger partial charge in [0.05, 0.1) is 17.7 Å². The van der Waals surface area contributed by atoms with Crippen molar-refractivity contribution in [3.63, 3.8) is 0 Å². The van der Waals surface area contributed by atoms with Gasteiger partial charge in [0.15, 0.2) is 5.69 Å². The number of rotatable bonds is 4. The van der Waals surface area contributed by atoms with Gasteiger partial charge < -0.3 is 10.1 Å². The Morgan fingerprint density at radius 2 is 2.14 bits per heavy atom. The number of methoxy groups -OCH3 is 1. The van der Waals surface area contributed by atoms with Crippen LogP contribution in [0.25, 0.3) is 0 Å². The molecule has 0 spiro atoms. The van der Waals surface area contributed by atoms with E-state index in [2.05, 4.69) is 10.4 Å². The maximum absolute atomic E-state index is 12.1. The zero-order valence-corrected chi connectivity index (χ0v) is 11.8. The highest BCUT2D eigenvalue weighted by molar-refractivity contribution is 6.03. The van der Waals surface area contributed by atoms with E-state index in [1.165, 1.54) is 25.3 Å². The number of nitro benzene ring substituents is 1.